The number of hydrogen-bond acceptors (Lipinski definition) is 2. The average Bonchev–Trinajstić information content (AvgIpc) is 2.42. The number of nitrogens with zero attached hydrogens (tertiary/aromatic N) is 1. The molecule has 2 heteroatoms. The van der Waals surface area contributed by atoms with E-state index >= 15 is 0 Å². The minimum Gasteiger partial charge on any atom is -0.330 e. The molecule has 1 rings (SSSR count). The summed E-state index contributed by atoms with van der Waals surface area (Å²) in [5.41, 5.74) is 6.57. The fraction of sp³-hybridized carbons (Fsp3) is 1.00. The van der Waals surface area contributed by atoms with Crippen LogP contribution in [0.15, 0.2) is 0 Å². The lowest BCUT2D eigenvalue weighted by atomic mass is 9.77. The Bertz CT molecular complexity index is 228. The Balaban J connectivity index is 2.48. The molecule has 0 aromatic carbocycles. The maximum atomic E-state index is 5.83. The lowest BCUT2D eigenvalue weighted by Gasteiger charge is -2.32. The molecule has 0 spiro atoms. The molecule has 1 aliphatic heterocycles. The monoisotopic (exact) mass is 240 g/mol. The van der Waals surface area contributed by atoms with Crippen molar-refractivity contribution in [3.63, 3.8) is 0 Å². The molecule has 0 saturated carbocycles. The Morgan fingerprint density at radius 2 is 1.71 bits per heavy atom. The zero-order valence-corrected chi connectivity index (χ0v) is 12.6. The van der Waals surface area contributed by atoms with Gasteiger partial charge < -0.3 is 10.6 Å². The minimum absolute atomic E-state index is 0.265. The van der Waals surface area contributed by atoms with E-state index < -0.39 is 0 Å². The molecule has 1 unspecified atom stereocenters. The van der Waals surface area contributed by atoms with Crippen LogP contribution in [0, 0.1) is 16.7 Å². The first kappa shape index (κ1) is 15.0. The van der Waals surface area contributed by atoms with Gasteiger partial charge in [0.05, 0.1) is 0 Å². The Kier molecular flexibility index (Phi) is 5.03. The molecule has 0 radical (unpaired) electrons. The van der Waals surface area contributed by atoms with Crippen LogP contribution in [0.3, 0.4) is 0 Å². The summed E-state index contributed by atoms with van der Waals surface area (Å²) in [5.74, 6) is 0.883. The van der Waals surface area contributed by atoms with Crippen LogP contribution in [-0.4, -0.2) is 31.1 Å². The van der Waals surface area contributed by atoms with Crippen molar-refractivity contribution in [2.45, 2.75) is 53.9 Å². The molecule has 0 bridgehead atoms. The van der Waals surface area contributed by atoms with E-state index in [1.165, 1.54) is 32.4 Å². The molecular weight excluding hydrogens is 208 g/mol. The van der Waals surface area contributed by atoms with Crippen LogP contribution < -0.4 is 5.73 Å². The van der Waals surface area contributed by atoms with Crippen molar-refractivity contribution < 1.29 is 0 Å². The molecule has 1 aliphatic rings. The van der Waals surface area contributed by atoms with Gasteiger partial charge in [0.1, 0.15) is 0 Å². The van der Waals surface area contributed by atoms with E-state index in [9.17, 15) is 0 Å². The first-order valence-electron chi connectivity index (χ1n) is 7.17. The topological polar surface area (TPSA) is 29.3 Å². The molecule has 2 N–H and O–H groups in total. The zero-order chi connectivity index (χ0) is 13.1. The van der Waals surface area contributed by atoms with Crippen molar-refractivity contribution in [1.82, 2.24) is 4.90 Å². The fourth-order valence-corrected chi connectivity index (χ4v) is 2.85. The molecule has 102 valence electrons. The highest BCUT2D eigenvalue weighted by Gasteiger charge is 2.28. The summed E-state index contributed by atoms with van der Waals surface area (Å²) in [6, 6.07) is 0. The molecule has 0 aliphatic carbocycles. The minimum atomic E-state index is 0.265. The number of rotatable bonds is 3. The highest BCUT2D eigenvalue weighted by molar-refractivity contribution is 4.81. The average molecular weight is 240 g/mol. The molecule has 17 heavy (non-hydrogen) atoms. The van der Waals surface area contributed by atoms with Crippen LogP contribution in [0.25, 0.3) is 0 Å². The largest absolute Gasteiger partial charge is 0.330 e. The maximum absolute atomic E-state index is 5.83. The van der Waals surface area contributed by atoms with Crippen LogP contribution in [0.1, 0.15) is 53.9 Å². The van der Waals surface area contributed by atoms with E-state index in [-0.39, 0.29) is 5.41 Å². The molecule has 1 fully saturated rings. The van der Waals surface area contributed by atoms with Gasteiger partial charge >= 0.3 is 0 Å². The highest BCUT2D eigenvalue weighted by atomic mass is 15.1. The van der Waals surface area contributed by atoms with E-state index in [0.29, 0.717) is 5.41 Å². The Labute approximate surface area is 108 Å². The first-order valence-corrected chi connectivity index (χ1v) is 7.17. The molecule has 1 atom stereocenters. The molecule has 0 aromatic heterocycles. The standard InChI is InChI=1S/C15H32N2/c1-14(2,3)13-7-6-9-17(10-8-13)12-15(4,5)11-16/h13H,6-12,16H2,1-5H3. The summed E-state index contributed by atoms with van der Waals surface area (Å²) in [5, 5.41) is 0. The summed E-state index contributed by atoms with van der Waals surface area (Å²) >= 11 is 0. The van der Waals surface area contributed by atoms with Gasteiger partial charge in [-0.25, -0.2) is 0 Å². The van der Waals surface area contributed by atoms with E-state index in [4.69, 9.17) is 5.73 Å². The molecule has 0 aromatic rings. The van der Waals surface area contributed by atoms with Crippen molar-refractivity contribution in [2.24, 2.45) is 22.5 Å². The predicted molar refractivity (Wildman–Crippen MR) is 76.1 cm³/mol. The fourth-order valence-electron chi connectivity index (χ4n) is 2.85. The number of nitrogens with two attached hydrogens (primary N) is 1. The van der Waals surface area contributed by atoms with Crippen molar-refractivity contribution in [1.29, 1.82) is 0 Å². The summed E-state index contributed by atoms with van der Waals surface area (Å²) in [6.07, 6.45) is 4.09. The van der Waals surface area contributed by atoms with Gasteiger partial charge in [0, 0.05) is 6.54 Å². The normalized spacial score (nSPS) is 24.7. The van der Waals surface area contributed by atoms with Gasteiger partial charge in [0.25, 0.3) is 0 Å². The summed E-state index contributed by atoms with van der Waals surface area (Å²) < 4.78 is 0. The third-order valence-electron chi connectivity index (χ3n) is 4.25. The predicted octanol–water partition coefficient (Wildman–Crippen LogP) is 3.12. The quantitative estimate of drug-likeness (QED) is 0.821. The van der Waals surface area contributed by atoms with E-state index in [1.807, 2.05) is 0 Å². The summed E-state index contributed by atoms with van der Waals surface area (Å²) in [7, 11) is 0. The van der Waals surface area contributed by atoms with Crippen LogP contribution in [0.2, 0.25) is 0 Å². The van der Waals surface area contributed by atoms with Gasteiger partial charge in [0.2, 0.25) is 0 Å². The SMILES string of the molecule is CC(C)(CN)CN1CCCC(C(C)(C)C)CC1. The zero-order valence-electron chi connectivity index (χ0n) is 12.6. The van der Waals surface area contributed by atoms with Crippen LogP contribution in [-0.2, 0) is 0 Å². The third-order valence-corrected chi connectivity index (χ3v) is 4.25. The lowest BCUT2D eigenvalue weighted by Crippen LogP contribution is -2.39. The maximum Gasteiger partial charge on any atom is 0.00447 e. The van der Waals surface area contributed by atoms with Crippen molar-refractivity contribution in [3.8, 4) is 0 Å². The van der Waals surface area contributed by atoms with E-state index in [0.717, 1.165) is 19.0 Å². The van der Waals surface area contributed by atoms with Gasteiger partial charge in [-0.3, -0.25) is 0 Å². The second kappa shape index (κ2) is 5.71. The molecule has 1 heterocycles. The van der Waals surface area contributed by atoms with Gasteiger partial charge in [-0.2, -0.15) is 0 Å². The van der Waals surface area contributed by atoms with Gasteiger partial charge in [0.15, 0.2) is 0 Å². The smallest absolute Gasteiger partial charge is 0.00447 e. The Hall–Kier alpha value is -0.0800. The van der Waals surface area contributed by atoms with Gasteiger partial charge in [-0.1, -0.05) is 34.6 Å². The molecule has 0 amide bonds. The number of likely N-dealkylation sites (tertiary alicyclic amines) is 1. The summed E-state index contributed by atoms with van der Waals surface area (Å²) in [6.45, 7) is 16.2. The van der Waals surface area contributed by atoms with Crippen molar-refractivity contribution in [3.05, 3.63) is 0 Å². The highest BCUT2D eigenvalue weighted by Crippen LogP contribution is 2.34. The lowest BCUT2D eigenvalue weighted by molar-refractivity contribution is 0.174. The summed E-state index contributed by atoms with van der Waals surface area (Å²) in [4.78, 5) is 2.62. The molecular formula is C15H32N2. The van der Waals surface area contributed by atoms with Crippen molar-refractivity contribution >= 4 is 0 Å². The molecule has 2 nitrogen and oxygen atoms in total. The first-order chi connectivity index (χ1) is 7.74. The van der Waals surface area contributed by atoms with E-state index in [1.54, 1.807) is 0 Å². The second-order valence-corrected chi connectivity index (χ2v) is 7.64. The Morgan fingerprint density at radius 3 is 2.24 bits per heavy atom. The number of hydrogen-bond donors (Lipinski definition) is 1. The third kappa shape index (κ3) is 4.97. The Morgan fingerprint density at radius 1 is 1.06 bits per heavy atom. The van der Waals surface area contributed by atoms with Crippen LogP contribution >= 0.6 is 0 Å². The van der Waals surface area contributed by atoms with E-state index in [2.05, 4.69) is 39.5 Å². The molecule has 1 saturated heterocycles. The van der Waals surface area contributed by atoms with Gasteiger partial charge in [-0.05, 0) is 55.6 Å². The van der Waals surface area contributed by atoms with Gasteiger partial charge in [-0.15, -0.1) is 0 Å². The van der Waals surface area contributed by atoms with Crippen LogP contribution in [0.4, 0.5) is 0 Å². The second-order valence-electron chi connectivity index (χ2n) is 7.64. The van der Waals surface area contributed by atoms with Crippen LogP contribution in [0.5, 0.6) is 0 Å². The van der Waals surface area contributed by atoms with Crippen molar-refractivity contribution in [2.75, 3.05) is 26.2 Å².